The molecule has 1 unspecified atom stereocenters. The summed E-state index contributed by atoms with van der Waals surface area (Å²) < 4.78 is 10.1. The van der Waals surface area contributed by atoms with Gasteiger partial charge in [-0.1, -0.05) is 30.3 Å². The summed E-state index contributed by atoms with van der Waals surface area (Å²) in [6.07, 6.45) is 0.633. The molecule has 0 saturated carbocycles. The van der Waals surface area contributed by atoms with Gasteiger partial charge in [0.2, 0.25) is 22.8 Å². The predicted molar refractivity (Wildman–Crippen MR) is 96.2 cm³/mol. The molecule has 2 aromatic rings. The molecule has 0 aromatic carbocycles. The quantitative estimate of drug-likeness (QED) is 0.700. The highest BCUT2D eigenvalue weighted by molar-refractivity contribution is 7.15. The zero-order chi connectivity index (χ0) is 19.4. The van der Waals surface area contributed by atoms with Gasteiger partial charge in [-0.3, -0.25) is 14.5 Å². The topological polar surface area (TPSA) is 123 Å². The van der Waals surface area contributed by atoms with Crippen LogP contribution in [0.1, 0.15) is 42.9 Å². The molecule has 0 bridgehead atoms. The van der Waals surface area contributed by atoms with Crippen molar-refractivity contribution < 1.29 is 18.8 Å². The van der Waals surface area contributed by atoms with Crippen molar-refractivity contribution in [1.82, 2.24) is 25.7 Å². The van der Waals surface area contributed by atoms with Crippen molar-refractivity contribution >= 4 is 28.3 Å². The van der Waals surface area contributed by atoms with E-state index in [4.69, 9.17) is 9.26 Å². The molecule has 0 radical (unpaired) electrons. The summed E-state index contributed by atoms with van der Waals surface area (Å²) in [7, 11) is 1.57. The van der Waals surface area contributed by atoms with Crippen LogP contribution in [0.5, 0.6) is 0 Å². The molecule has 1 aliphatic heterocycles. The zero-order valence-electron chi connectivity index (χ0n) is 15.5. The summed E-state index contributed by atoms with van der Waals surface area (Å²) in [6.45, 7) is 4.97. The Hall–Kier alpha value is -2.40. The van der Waals surface area contributed by atoms with Crippen LogP contribution in [0.25, 0.3) is 0 Å². The fourth-order valence-corrected chi connectivity index (χ4v) is 3.49. The lowest BCUT2D eigenvalue weighted by molar-refractivity contribution is -0.126. The molecule has 2 amide bonds. The number of carbonyl (C=O) groups is 2. The number of aromatic nitrogens is 4. The first kappa shape index (κ1) is 19.4. The molecule has 3 heterocycles. The van der Waals surface area contributed by atoms with Gasteiger partial charge in [0.1, 0.15) is 11.6 Å². The number of nitrogens with zero attached hydrogens (tertiary/aromatic N) is 5. The monoisotopic (exact) mass is 394 g/mol. The van der Waals surface area contributed by atoms with Gasteiger partial charge in [-0.25, -0.2) is 0 Å². The molecule has 2 aromatic heterocycles. The van der Waals surface area contributed by atoms with E-state index in [0.717, 1.165) is 0 Å². The highest BCUT2D eigenvalue weighted by Crippen LogP contribution is 2.28. The van der Waals surface area contributed by atoms with E-state index in [1.54, 1.807) is 7.11 Å². The highest BCUT2D eigenvalue weighted by Gasteiger charge is 2.36. The molecule has 27 heavy (non-hydrogen) atoms. The van der Waals surface area contributed by atoms with Crippen LogP contribution >= 0.6 is 11.3 Å². The minimum absolute atomic E-state index is 0.130. The molecular weight excluding hydrogens is 372 g/mol. The zero-order valence-corrected chi connectivity index (χ0v) is 16.3. The number of ether oxygens (including phenoxy) is 1. The van der Waals surface area contributed by atoms with Gasteiger partial charge in [-0.05, 0) is 0 Å². The highest BCUT2D eigenvalue weighted by atomic mass is 32.1. The Balaban J connectivity index is 1.49. The number of amides is 2. The van der Waals surface area contributed by atoms with Crippen molar-refractivity contribution in [3.8, 4) is 0 Å². The van der Waals surface area contributed by atoms with Crippen molar-refractivity contribution in [2.24, 2.45) is 5.92 Å². The number of methoxy groups -OCH3 is 1. The molecule has 146 valence electrons. The first-order valence-electron chi connectivity index (χ1n) is 8.69. The van der Waals surface area contributed by atoms with Crippen molar-refractivity contribution in [3.05, 3.63) is 16.7 Å². The smallest absolute Gasteiger partial charge is 0.229 e. The summed E-state index contributed by atoms with van der Waals surface area (Å²) in [5.74, 6) is 0.598. The van der Waals surface area contributed by atoms with E-state index in [-0.39, 0.29) is 24.2 Å². The lowest BCUT2D eigenvalue weighted by Crippen LogP contribution is -2.34. The second kappa shape index (κ2) is 8.53. The van der Waals surface area contributed by atoms with Crippen LogP contribution in [-0.4, -0.2) is 52.4 Å². The molecule has 1 fully saturated rings. The summed E-state index contributed by atoms with van der Waals surface area (Å²) in [5.41, 5.74) is 0. The normalized spacial score (nSPS) is 17.1. The molecule has 3 rings (SSSR count). The minimum atomic E-state index is -0.413. The average molecular weight is 394 g/mol. The fourth-order valence-electron chi connectivity index (χ4n) is 2.65. The Morgan fingerprint density at radius 3 is 2.96 bits per heavy atom. The minimum Gasteiger partial charge on any atom is -0.377 e. The third-order valence-corrected chi connectivity index (χ3v) is 5.00. The van der Waals surface area contributed by atoms with Gasteiger partial charge >= 0.3 is 0 Å². The molecular formula is C16H22N6O4S. The van der Waals surface area contributed by atoms with Gasteiger partial charge in [0, 0.05) is 39.0 Å². The van der Waals surface area contributed by atoms with Crippen LogP contribution in [0.4, 0.5) is 5.13 Å². The van der Waals surface area contributed by atoms with Crippen molar-refractivity contribution in [1.29, 1.82) is 0 Å². The number of hydrogen-bond acceptors (Lipinski definition) is 9. The van der Waals surface area contributed by atoms with Gasteiger partial charge in [0.15, 0.2) is 5.82 Å². The van der Waals surface area contributed by atoms with Crippen molar-refractivity contribution in [3.63, 3.8) is 0 Å². The van der Waals surface area contributed by atoms with E-state index >= 15 is 0 Å². The Bertz CT molecular complexity index is 804. The maximum atomic E-state index is 12.4. The Morgan fingerprint density at radius 1 is 1.44 bits per heavy atom. The fraction of sp³-hybridized carbons (Fsp3) is 0.625. The summed E-state index contributed by atoms with van der Waals surface area (Å²) >= 11 is 1.29. The van der Waals surface area contributed by atoms with Crippen molar-refractivity contribution in [2.75, 3.05) is 25.1 Å². The van der Waals surface area contributed by atoms with E-state index in [1.165, 1.54) is 16.2 Å². The summed E-state index contributed by atoms with van der Waals surface area (Å²) in [6, 6.07) is 0. The number of anilines is 1. The largest absolute Gasteiger partial charge is 0.377 e. The van der Waals surface area contributed by atoms with E-state index in [0.29, 0.717) is 48.0 Å². The number of hydrogen-bond donors (Lipinski definition) is 1. The second-order valence-corrected chi connectivity index (χ2v) is 7.60. The SMILES string of the molecule is COCc1nnc(N2CC(C(=O)NCCc3noc(C(C)C)n3)CC2=O)s1. The van der Waals surface area contributed by atoms with Gasteiger partial charge < -0.3 is 14.6 Å². The van der Waals surface area contributed by atoms with E-state index in [2.05, 4.69) is 25.7 Å². The molecule has 0 aliphatic carbocycles. The molecule has 11 heteroatoms. The number of nitrogens with one attached hydrogen (secondary N) is 1. The summed E-state index contributed by atoms with van der Waals surface area (Å²) in [5, 5.41) is 15.9. The third kappa shape index (κ3) is 4.66. The van der Waals surface area contributed by atoms with Gasteiger partial charge in [0.25, 0.3) is 0 Å². The van der Waals surface area contributed by atoms with Crippen LogP contribution in [0.2, 0.25) is 0 Å². The van der Waals surface area contributed by atoms with E-state index in [1.807, 2.05) is 13.8 Å². The van der Waals surface area contributed by atoms with Gasteiger partial charge in [-0.2, -0.15) is 4.98 Å². The number of rotatable bonds is 8. The van der Waals surface area contributed by atoms with Crippen molar-refractivity contribution in [2.45, 2.75) is 39.2 Å². The predicted octanol–water partition coefficient (Wildman–Crippen LogP) is 0.903. The average Bonchev–Trinajstić information content (AvgIpc) is 3.34. The molecule has 1 atom stereocenters. The lowest BCUT2D eigenvalue weighted by Gasteiger charge is -2.12. The Labute approximate surface area is 160 Å². The van der Waals surface area contributed by atoms with E-state index in [9.17, 15) is 9.59 Å². The maximum absolute atomic E-state index is 12.4. The number of carbonyl (C=O) groups excluding carboxylic acids is 2. The lowest BCUT2D eigenvalue weighted by atomic mass is 10.1. The van der Waals surface area contributed by atoms with Gasteiger partial charge in [-0.15, -0.1) is 10.2 Å². The van der Waals surface area contributed by atoms with Gasteiger partial charge in [0.05, 0.1) is 5.92 Å². The molecule has 1 N–H and O–H groups in total. The molecule has 10 nitrogen and oxygen atoms in total. The van der Waals surface area contributed by atoms with E-state index < -0.39 is 5.92 Å². The van der Waals surface area contributed by atoms with Crippen LogP contribution in [0, 0.1) is 5.92 Å². The second-order valence-electron chi connectivity index (χ2n) is 6.56. The maximum Gasteiger partial charge on any atom is 0.229 e. The first-order valence-corrected chi connectivity index (χ1v) is 9.51. The standard InChI is InChI=1S/C16H22N6O4S/c1-9(2)15-18-11(21-26-15)4-5-17-14(24)10-6-13(23)22(7-10)16-20-19-12(27-16)8-25-3/h9-10H,4-8H2,1-3H3,(H,17,24). The molecule has 0 spiro atoms. The summed E-state index contributed by atoms with van der Waals surface area (Å²) in [4.78, 5) is 30.4. The van der Waals surface area contributed by atoms with Crippen LogP contribution in [0.15, 0.2) is 4.52 Å². The molecule has 1 aliphatic rings. The van der Waals surface area contributed by atoms with Crippen LogP contribution < -0.4 is 10.2 Å². The first-order chi connectivity index (χ1) is 13.0. The Kier molecular flexibility index (Phi) is 6.11. The van der Waals surface area contributed by atoms with Crippen LogP contribution in [0.3, 0.4) is 0 Å². The molecule has 1 saturated heterocycles. The van der Waals surface area contributed by atoms with Crippen LogP contribution in [-0.2, 0) is 27.4 Å². The third-order valence-electron chi connectivity index (χ3n) is 4.08. The Morgan fingerprint density at radius 2 is 2.26 bits per heavy atom.